The van der Waals surface area contributed by atoms with Gasteiger partial charge in [-0.05, 0) is 57.1 Å². The third-order valence-electron chi connectivity index (χ3n) is 3.90. The van der Waals surface area contributed by atoms with E-state index in [-0.39, 0.29) is 5.97 Å². The lowest BCUT2D eigenvalue weighted by molar-refractivity contribution is 0.0600. The summed E-state index contributed by atoms with van der Waals surface area (Å²) >= 11 is 0. The fraction of sp³-hybridized carbons (Fsp3) is 0.562. The van der Waals surface area contributed by atoms with Crippen molar-refractivity contribution in [2.75, 3.05) is 41.0 Å². The van der Waals surface area contributed by atoms with E-state index in [4.69, 9.17) is 14.2 Å². The fourth-order valence-electron chi connectivity index (χ4n) is 2.47. The lowest BCUT2D eigenvalue weighted by atomic mass is 9.98. The second-order valence-corrected chi connectivity index (χ2v) is 5.41. The zero-order valence-electron chi connectivity index (χ0n) is 12.9. The zero-order chi connectivity index (χ0) is 15.2. The third kappa shape index (κ3) is 4.11. The van der Waals surface area contributed by atoms with Crippen LogP contribution in [0.5, 0.6) is 11.5 Å². The molecule has 5 heteroatoms. The molecular formula is C16H23NO4. The Labute approximate surface area is 125 Å². The number of methoxy groups -OCH3 is 2. The predicted molar refractivity (Wildman–Crippen MR) is 80.0 cm³/mol. The standard InChI is InChI=1S/C16H23NO4/c1-17-8-6-12(7-9-17)11-21-14-5-4-13(16(18)20-3)10-15(14)19-2/h4-5,10,12H,6-9,11H2,1-3H3. The Bertz CT molecular complexity index is 481. The van der Waals surface area contributed by atoms with E-state index >= 15 is 0 Å². The van der Waals surface area contributed by atoms with Gasteiger partial charge in [-0.15, -0.1) is 0 Å². The van der Waals surface area contributed by atoms with Crippen LogP contribution in [0.3, 0.4) is 0 Å². The number of piperidine rings is 1. The van der Waals surface area contributed by atoms with E-state index in [9.17, 15) is 4.79 Å². The van der Waals surface area contributed by atoms with Gasteiger partial charge in [-0.25, -0.2) is 4.79 Å². The second-order valence-electron chi connectivity index (χ2n) is 5.41. The van der Waals surface area contributed by atoms with Crippen LogP contribution in [0.25, 0.3) is 0 Å². The summed E-state index contributed by atoms with van der Waals surface area (Å²) in [7, 11) is 5.07. The summed E-state index contributed by atoms with van der Waals surface area (Å²) in [5, 5.41) is 0. The van der Waals surface area contributed by atoms with Gasteiger partial charge in [0.2, 0.25) is 0 Å². The summed E-state index contributed by atoms with van der Waals surface area (Å²) in [6.45, 7) is 2.92. The van der Waals surface area contributed by atoms with E-state index < -0.39 is 0 Å². The highest BCUT2D eigenvalue weighted by molar-refractivity contribution is 5.90. The lowest BCUT2D eigenvalue weighted by Crippen LogP contribution is -2.32. The zero-order valence-corrected chi connectivity index (χ0v) is 12.9. The third-order valence-corrected chi connectivity index (χ3v) is 3.90. The quantitative estimate of drug-likeness (QED) is 0.779. The van der Waals surface area contributed by atoms with Crippen molar-refractivity contribution in [3.8, 4) is 11.5 Å². The first kappa shape index (κ1) is 15.6. The second kappa shape index (κ2) is 7.31. The van der Waals surface area contributed by atoms with Crippen LogP contribution in [-0.2, 0) is 4.74 Å². The van der Waals surface area contributed by atoms with Gasteiger partial charge in [0.25, 0.3) is 0 Å². The van der Waals surface area contributed by atoms with Gasteiger partial charge in [-0.3, -0.25) is 0 Å². The van der Waals surface area contributed by atoms with Crippen LogP contribution in [0.4, 0.5) is 0 Å². The molecule has 1 aliphatic rings. The molecule has 0 spiro atoms. The Morgan fingerprint density at radius 1 is 1.24 bits per heavy atom. The summed E-state index contributed by atoms with van der Waals surface area (Å²) in [4.78, 5) is 13.8. The molecule has 0 radical (unpaired) electrons. The molecule has 0 saturated carbocycles. The first-order chi connectivity index (χ1) is 10.1. The molecule has 1 aromatic carbocycles. The molecule has 0 atom stereocenters. The van der Waals surface area contributed by atoms with Crippen molar-refractivity contribution in [2.45, 2.75) is 12.8 Å². The fourth-order valence-corrected chi connectivity index (χ4v) is 2.47. The highest BCUT2D eigenvalue weighted by Crippen LogP contribution is 2.29. The van der Waals surface area contributed by atoms with Crippen molar-refractivity contribution in [1.29, 1.82) is 0 Å². The average molecular weight is 293 g/mol. The highest BCUT2D eigenvalue weighted by atomic mass is 16.5. The Balaban J connectivity index is 1.98. The highest BCUT2D eigenvalue weighted by Gasteiger charge is 2.18. The molecule has 1 saturated heterocycles. The number of carbonyl (C=O) groups excluding carboxylic acids is 1. The predicted octanol–water partition coefficient (Wildman–Crippen LogP) is 2.20. The van der Waals surface area contributed by atoms with Crippen molar-refractivity contribution in [3.05, 3.63) is 23.8 Å². The molecule has 5 nitrogen and oxygen atoms in total. The van der Waals surface area contributed by atoms with Crippen molar-refractivity contribution in [3.63, 3.8) is 0 Å². The van der Waals surface area contributed by atoms with Gasteiger partial charge in [0.1, 0.15) is 0 Å². The van der Waals surface area contributed by atoms with Crippen molar-refractivity contribution < 1.29 is 19.0 Å². The molecule has 0 bridgehead atoms. The largest absolute Gasteiger partial charge is 0.493 e. The van der Waals surface area contributed by atoms with E-state index in [1.807, 2.05) is 0 Å². The molecule has 1 aromatic rings. The summed E-state index contributed by atoms with van der Waals surface area (Å²) in [6.07, 6.45) is 2.30. The maximum Gasteiger partial charge on any atom is 0.337 e. The van der Waals surface area contributed by atoms with E-state index in [0.717, 1.165) is 25.9 Å². The molecule has 2 rings (SSSR count). The number of hydrogen-bond donors (Lipinski definition) is 0. The Morgan fingerprint density at radius 2 is 1.95 bits per heavy atom. The van der Waals surface area contributed by atoms with Gasteiger partial charge in [0.15, 0.2) is 11.5 Å². The summed E-state index contributed by atoms with van der Waals surface area (Å²) in [6, 6.07) is 5.11. The maximum absolute atomic E-state index is 11.5. The number of likely N-dealkylation sites (tertiary alicyclic amines) is 1. The Morgan fingerprint density at radius 3 is 2.57 bits per heavy atom. The van der Waals surface area contributed by atoms with E-state index in [0.29, 0.717) is 29.6 Å². The van der Waals surface area contributed by atoms with Gasteiger partial charge in [0.05, 0.1) is 26.4 Å². The molecule has 1 aliphatic heterocycles. The number of esters is 1. The van der Waals surface area contributed by atoms with Gasteiger partial charge in [-0.1, -0.05) is 0 Å². The van der Waals surface area contributed by atoms with Crippen LogP contribution >= 0.6 is 0 Å². The molecule has 1 fully saturated rings. The lowest BCUT2D eigenvalue weighted by Gasteiger charge is -2.28. The minimum atomic E-state index is -0.379. The number of benzene rings is 1. The summed E-state index contributed by atoms with van der Waals surface area (Å²) in [5.41, 5.74) is 0.459. The van der Waals surface area contributed by atoms with Gasteiger partial charge in [-0.2, -0.15) is 0 Å². The normalized spacial score (nSPS) is 16.5. The molecule has 0 aliphatic carbocycles. The van der Waals surface area contributed by atoms with Crippen molar-refractivity contribution in [1.82, 2.24) is 4.90 Å². The van der Waals surface area contributed by atoms with Crippen LogP contribution in [0.2, 0.25) is 0 Å². The van der Waals surface area contributed by atoms with Crippen molar-refractivity contribution >= 4 is 5.97 Å². The first-order valence-electron chi connectivity index (χ1n) is 7.21. The Hall–Kier alpha value is -1.75. The van der Waals surface area contributed by atoms with Crippen LogP contribution in [-0.4, -0.2) is 51.8 Å². The molecule has 21 heavy (non-hydrogen) atoms. The molecule has 116 valence electrons. The topological polar surface area (TPSA) is 48.0 Å². The van der Waals surface area contributed by atoms with Crippen LogP contribution in [0.1, 0.15) is 23.2 Å². The summed E-state index contributed by atoms with van der Waals surface area (Å²) < 4.78 is 15.9. The van der Waals surface area contributed by atoms with Gasteiger partial charge >= 0.3 is 5.97 Å². The van der Waals surface area contributed by atoms with Crippen LogP contribution in [0, 0.1) is 5.92 Å². The van der Waals surface area contributed by atoms with Gasteiger partial charge in [0, 0.05) is 0 Å². The van der Waals surface area contributed by atoms with Gasteiger partial charge < -0.3 is 19.1 Å². The summed E-state index contributed by atoms with van der Waals surface area (Å²) in [5.74, 6) is 1.43. The maximum atomic E-state index is 11.5. The minimum absolute atomic E-state index is 0.379. The number of rotatable bonds is 5. The number of hydrogen-bond acceptors (Lipinski definition) is 5. The molecule has 0 unspecified atom stereocenters. The molecule has 0 aromatic heterocycles. The van der Waals surface area contributed by atoms with E-state index in [1.165, 1.54) is 7.11 Å². The van der Waals surface area contributed by atoms with E-state index in [1.54, 1.807) is 25.3 Å². The smallest absolute Gasteiger partial charge is 0.337 e. The monoisotopic (exact) mass is 293 g/mol. The molecule has 1 heterocycles. The molecular weight excluding hydrogens is 270 g/mol. The minimum Gasteiger partial charge on any atom is -0.493 e. The SMILES string of the molecule is COC(=O)c1ccc(OCC2CCN(C)CC2)c(OC)c1. The number of nitrogens with zero attached hydrogens (tertiary/aromatic N) is 1. The average Bonchev–Trinajstić information content (AvgIpc) is 2.53. The number of carbonyl (C=O) groups is 1. The van der Waals surface area contributed by atoms with Crippen molar-refractivity contribution in [2.24, 2.45) is 5.92 Å². The molecule has 0 N–H and O–H groups in total. The first-order valence-corrected chi connectivity index (χ1v) is 7.21. The van der Waals surface area contributed by atoms with Crippen LogP contribution < -0.4 is 9.47 Å². The Kier molecular flexibility index (Phi) is 5.44. The molecule has 0 amide bonds. The van der Waals surface area contributed by atoms with Crippen LogP contribution in [0.15, 0.2) is 18.2 Å². The number of ether oxygens (including phenoxy) is 3. The van der Waals surface area contributed by atoms with E-state index in [2.05, 4.69) is 11.9 Å².